The molecule has 2 aromatic heterocycles. The monoisotopic (exact) mass is 483 g/mol. The summed E-state index contributed by atoms with van der Waals surface area (Å²) in [5.74, 6) is 1.70. The van der Waals surface area contributed by atoms with Gasteiger partial charge in [-0.25, -0.2) is 4.98 Å². The number of carbonyl (C=O) groups is 1. The summed E-state index contributed by atoms with van der Waals surface area (Å²) < 4.78 is 10.1. The summed E-state index contributed by atoms with van der Waals surface area (Å²) in [7, 11) is 0. The molecule has 1 N–H and O–H groups in total. The number of rotatable bonds is 15. The van der Waals surface area contributed by atoms with Gasteiger partial charge in [0.15, 0.2) is 0 Å². The van der Waals surface area contributed by atoms with Crippen LogP contribution in [-0.4, -0.2) is 52.4 Å². The van der Waals surface area contributed by atoms with Gasteiger partial charge in [0.25, 0.3) is 0 Å². The van der Waals surface area contributed by atoms with Gasteiger partial charge in [-0.15, -0.1) is 0 Å². The Labute approximate surface area is 207 Å². The lowest BCUT2D eigenvalue weighted by molar-refractivity contribution is -0.121. The lowest BCUT2D eigenvalue weighted by atomic mass is 10.1. The Balaban J connectivity index is 1.53. The lowest BCUT2D eigenvalue weighted by Crippen LogP contribution is -2.36. The molecule has 0 spiro atoms. The molecule has 0 saturated heterocycles. The molecule has 0 bridgehead atoms. The third-order valence-electron chi connectivity index (χ3n) is 5.88. The second-order valence-corrected chi connectivity index (χ2v) is 9.27. The molecule has 2 heterocycles. The topological polar surface area (TPSA) is 74.5 Å². The van der Waals surface area contributed by atoms with Crippen LogP contribution in [-0.2, 0) is 17.8 Å². The zero-order valence-corrected chi connectivity index (χ0v) is 21.4. The van der Waals surface area contributed by atoms with E-state index in [2.05, 4.69) is 52.4 Å². The van der Waals surface area contributed by atoms with Gasteiger partial charge in [0.05, 0.1) is 12.8 Å². The molecule has 1 atom stereocenters. The fourth-order valence-corrected chi connectivity index (χ4v) is 4.58. The Morgan fingerprint density at radius 1 is 1.12 bits per heavy atom. The maximum Gasteiger partial charge on any atom is 0.221 e. The molecule has 0 aliphatic rings. The number of carbonyl (C=O) groups excluding carboxylic acids is 1. The van der Waals surface area contributed by atoms with Crippen LogP contribution in [0.25, 0.3) is 0 Å². The number of hydrogen-bond acceptors (Lipinski definition) is 7. The summed E-state index contributed by atoms with van der Waals surface area (Å²) >= 11 is 1.37. The molecule has 0 fully saturated rings. The van der Waals surface area contributed by atoms with E-state index in [4.69, 9.17) is 9.40 Å². The average molecular weight is 484 g/mol. The van der Waals surface area contributed by atoms with Gasteiger partial charge in [0.2, 0.25) is 11.0 Å². The van der Waals surface area contributed by atoms with Crippen molar-refractivity contribution >= 4 is 22.6 Å². The predicted molar refractivity (Wildman–Crippen MR) is 138 cm³/mol. The number of furan rings is 1. The molecule has 0 saturated carbocycles. The van der Waals surface area contributed by atoms with E-state index < -0.39 is 0 Å². The van der Waals surface area contributed by atoms with Crippen LogP contribution in [0.3, 0.4) is 0 Å². The summed E-state index contributed by atoms with van der Waals surface area (Å²) in [4.78, 5) is 21.9. The number of hydrogen-bond donors (Lipinski definition) is 1. The largest absolute Gasteiger partial charge is 0.467 e. The molecule has 0 aliphatic carbocycles. The zero-order valence-electron chi connectivity index (χ0n) is 20.6. The Bertz CT molecular complexity index is 957. The highest BCUT2D eigenvalue weighted by Crippen LogP contribution is 2.22. The molecule has 8 heteroatoms. The van der Waals surface area contributed by atoms with Gasteiger partial charge in [-0.1, -0.05) is 44.2 Å². The molecular weight excluding hydrogens is 446 g/mol. The third kappa shape index (κ3) is 8.57. The van der Waals surface area contributed by atoms with Crippen molar-refractivity contribution in [3.63, 3.8) is 0 Å². The maximum atomic E-state index is 12.6. The fourth-order valence-electron chi connectivity index (χ4n) is 3.87. The van der Waals surface area contributed by atoms with Crippen LogP contribution in [0.1, 0.15) is 57.2 Å². The van der Waals surface area contributed by atoms with Crippen molar-refractivity contribution in [2.24, 2.45) is 0 Å². The molecular formula is C26H37N5O2S. The number of nitrogens with one attached hydrogen (secondary N) is 1. The van der Waals surface area contributed by atoms with Crippen molar-refractivity contribution in [3.05, 3.63) is 65.9 Å². The first-order valence-corrected chi connectivity index (χ1v) is 13.0. The van der Waals surface area contributed by atoms with Gasteiger partial charge in [0.1, 0.15) is 11.6 Å². The first-order chi connectivity index (χ1) is 16.6. The van der Waals surface area contributed by atoms with Crippen LogP contribution in [0.5, 0.6) is 0 Å². The van der Waals surface area contributed by atoms with E-state index in [0.29, 0.717) is 25.9 Å². The molecule has 3 rings (SSSR count). The van der Waals surface area contributed by atoms with Gasteiger partial charge in [-0.2, -0.15) is 4.37 Å². The molecule has 1 unspecified atom stereocenters. The minimum atomic E-state index is 0.0637. The summed E-state index contributed by atoms with van der Waals surface area (Å²) in [5, 5.41) is 3.96. The van der Waals surface area contributed by atoms with Gasteiger partial charge < -0.3 is 19.5 Å². The summed E-state index contributed by atoms with van der Waals surface area (Å²) in [6, 6.07) is 14.2. The van der Waals surface area contributed by atoms with Gasteiger partial charge in [-0.05, 0) is 57.1 Å². The normalized spacial score (nSPS) is 12.1. The summed E-state index contributed by atoms with van der Waals surface area (Å²) in [5.41, 5.74) is 1.18. The first kappa shape index (κ1) is 25.9. The molecule has 1 amide bonds. The summed E-state index contributed by atoms with van der Waals surface area (Å²) in [6.45, 7) is 10.8. The van der Waals surface area contributed by atoms with Gasteiger partial charge in [-0.3, -0.25) is 4.79 Å². The highest BCUT2D eigenvalue weighted by atomic mass is 32.1. The van der Waals surface area contributed by atoms with Crippen LogP contribution in [0.15, 0.2) is 53.1 Å². The molecule has 0 radical (unpaired) electrons. The molecule has 0 aliphatic heterocycles. The molecule has 3 aromatic rings. The molecule has 34 heavy (non-hydrogen) atoms. The number of amides is 1. The second-order valence-electron chi connectivity index (χ2n) is 8.54. The van der Waals surface area contributed by atoms with Crippen LogP contribution in [0, 0.1) is 0 Å². The van der Waals surface area contributed by atoms with E-state index in [0.717, 1.165) is 49.2 Å². The van der Waals surface area contributed by atoms with Crippen molar-refractivity contribution in [2.45, 2.75) is 59.0 Å². The minimum Gasteiger partial charge on any atom is -0.467 e. The number of benzene rings is 1. The van der Waals surface area contributed by atoms with Crippen molar-refractivity contribution in [1.29, 1.82) is 0 Å². The van der Waals surface area contributed by atoms with Gasteiger partial charge in [0, 0.05) is 37.0 Å². The minimum absolute atomic E-state index is 0.0637. The smallest absolute Gasteiger partial charge is 0.221 e. The van der Waals surface area contributed by atoms with E-state index in [9.17, 15) is 4.79 Å². The van der Waals surface area contributed by atoms with Crippen molar-refractivity contribution in [1.82, 2.24) is 19.6 Å². The standard InChI is InChI=1S/C26H37N5O2S/c1-4-30(5-2)16-9-11-21(3)27-25(32)15-17-31(20-23-14-10-18-33-23)26-28-24(29-34-26)19-22-12-7-6-8-13-22/h6-8,10,12-14,18,21H,4-5,9,11,15-17,19-20H2,1-3H3,(H,27,32). The Morgan fingerprint density at radius 3 is 2.62 bits per heavy atom. The van der Waals surface area contributed by atoms with Crippen LogP contribution < -0.4 is 10.2 Å². The van der Waals surface area contributed by atoms with E-state index in [1.54, 1.807) is 6.26 Å². The third-order valence-corrected chi connectivity index (χ3v) is 6.70. The van der Waals surface area contributed by atoms with Crippen LogP contribution in [0.2, 0.25) is 0 Å². The molecule has 184 valence electrons. The highest BCUT2D eigenvalue weighted by Gasteiger charge is 2.17. The first-order valence-electron chi connectivity index (χ1n) is 12.2. The lowest BCUT2D eigenvalue weighted by Gasteiger charge is -2.22. The maximum absolute atomic E-state index is 12.6. The Hall–Kier alpha value is -2.71. The molecule has 7 nitrogen and oxygen atoms in total. The van der Waals surface area contributed by atoms with E-state index >= 15 is 0 Å². The summed E-state index contributed by atoms with van der Waals surface area (Å²) in [6.07, 6.45) is 4.83. The predicted octanol–water partition coefficient (Wildman–Crippen LogP) is 4.75. The van der Waals surface area contributed by atoms with Crippen molar-refractivity contribution < 1.29 is 9.21 Å². The van der Waals surface area contributed by atoms with E-state index in [1.165, 1.54) is 17.1 Å². The van der Waals surface area contributed by atoms with Gasteiger partial charge >= 0.3 is 0 Å². The number of aromatic nitrogens is 2. The van der Waals surface area contributed by atoms with Crippen LogP contribution in [0.4, 0.5) is 5.13 Å². The fraction of sp³-hybridized carbons (Fsp3) is 0.500. The SMILES string of the molecule is CCN(CC)CCCC(C)NC(=O)CCN(Cc1ccco1)c1nc(Cc2ccccc2)ns1. The zero-order chi connectivity index (χ0) is 24.2. The Kier molecular flexibility index (Phi) is 10.6. The van der Waals surface area contributed by atoms with Crippen LogP contribution >= 0.6 is 11.5 Å². The number of anilines is 1. The highest BCUT2D eigenvalue weighted by molar-refractivity contribution is 7.09. The number of nitrogens with zero attached hydrogens (tertiary/aromatic N) is 4. The quantitative estimate of drug-likeness (QED) is 0.336. The molecule has 1 aromatic carbocycles. The average Bonchev–Trinajstić information content (AvgIpc) is 3.52. The van der Waals surface area contributed by atoms with Crippen molar-refractivity contribution in [2.75, 3.05) is 31.1 Å². The van der Waals surface area contributed by atoms with E-state index in [1.807, 2.05) is 30.3 Å². The van der Waals surface area contributed by atoms with Crippen molar-refractivity contribution in [3.8, 4) is 0 Å². The second kappa shape index (κ2) is 13.9. The Morgan fingerprint density at radius 2 is 1.91 bits per heavy atom. The van der Waals surface area contributed by atoms with E-state index in [-0.39, 0.29) is 11.9 Å².